The number of nitrogens with zero attached hydrogens (tertiary/aromatic N) is 1. The molecule has 0 aromatic heterocycles. The minimum atomic E-state index is 0.664. The van der Waals surface area contributed by atoms with Gasteiger partial charge in [-0.2, -0.15) is 5.06 Å². The van der Waals surface area contributed by atoms with E-state index >= 15 is 0 Å². The van der Waals surface area contributed by atoms with E-state index in [0.717, 1.165) is 13.0 Å². The first-order valence-corrected chi connectivity index (χ1v) is 4.71. The molecule has 1 rings (SSSR count). The lowest BCUT2D eigenvalue weighted by Crippen LogP contribution is -2.19. The molecule has 2 nitrogen and oxygen atoms in total. The molecule has 0 amide bonds. The lowest BCUT2D eigenvalue weighted by molar-refractivity contribution is -0.150. The summed E-state index contributed by atoms with van der Waals surface area (Å²) < 4.78 is 0. The van der Waals surface area contributed by atoms with Crippen LogP contribution < -0.4 is 0 Å². The molecular weight excluding hydrogens is 162 g/mol. The fourth-order valence-electron chi connectivity index (χ4n) is 1.14. The normalized spacial score (nSPS) is 10.7. The number of hydrogen-bond acceptors (Lipinski definition) is 2. The predicted molar refractivity (Wildman–Crippen MR) is 54.2 cm³/mol. The fourth-order valence-corrected chi connectivity index (χ4v) is 1.14. The summed E-state index contributed by atoms with van der Waals surface area (Å²) in [6, 6.07) is 10.2. The molecule has 1 aromatic carbocycles. The Morgan fingerprint density at radius 3 is 2.54 bits per heavy atom. The van der Waals surface area contributed by atoms with Gasteiger partial charge in [0, 0.05) is 13.6 Å². The van der Waals surface area contributed by atoms with Gasteiger partial charge in [-0.25, -0.2) is 0 Å². The molecule has 0 fully saturated rings. The molecule has 0 radical (unpaired) electrons. The Balaban J connectivity index is 2.27. The Morgan fingerprint density at radius 1 is 1.23 bits per heavy atom. The summed E-state index contributed by atoms with van der Waals surface area (Å²) in [4.78, 5) is 5.50. The van der Waals surface area contributed by atoms with Crippen molar-refractivity contribution in [3.8, 4) is 0 Å². The molecule has 0 atom stereocenters. The highest BCUT2D eigenvalue weighted by Crippen LogP contribution is 2.01. The van der Waals surface area contributed by atoms with Crippen molar-refractivity contribution in [2.75, 3.05) is 13.6 Å². The molecule has 0 unspecified atom stereocenters. The summed E-state index contributed by atoms with van der Waals surface area (Å²) in [5.74, 6) is 0. The van der Waals surface area contributed by atoms with Crippen molar-refractivity contribution < 1.29 is 4.84 Å². The predicted octanol–water partition coefficient (Wildman–Crippen LogP) is 2.46. The van der Waals surface area contributed by atoms with Crippen molar-refractivity contribution in [3.05, 3.63) is 35.9 Å². The largest absolute Gasteiger partial charge is 0.295 e. The van der Waals surface area contributed by atoms with Crippen LogP contribution in [0.25, 0.3) is 0 Å². The molecule has 72 valence electrons. The van der Waals surface area contributed by atoms with Gasteiger partial charge < -0.3 is 0 Å². The molecule has 0 bridgehead atoms. The minimum absolute atomic E-state index is 0.664. The summed E-state index contributed by atoms with van der Waals surface area (Å²) in [6.45, 7) is 3.78. The molecule has 2 heteroatoms. The molecule has 0 heterocycles. The number of benzene rings is 1. The number of rotatable bonds is 5. The number of hydrogen-bond donors (Lipinski definition) is 0. The van der Waals surface area contributed by atoms with Crippen molar-refractivity contribution in [2.45, 2.75) is 20.0 Å². The van der Waals surface area contributed by atoms with Crippen molar-refractivity contribution in [1.82, 2.24) is 5.06 Å². The fraction of sp³-hybridized carbons (Fsp3) is 0.455. The summed E-state index contributed by atoms with van der Waals surface area (Å²) in [5.41, 5.74) is 1.21. The highest BCUT2D eigenvalue weighted by molar-refractivity contribution is 5.13. The van der Waals surface area contributed by atoms with Gasteiger partial charge in [0.25, 0.3) is 0 Å². The SMILES string of the molecule is CCCN(C)OCc1ccccc1. The van der Waals surface area contributed by atoms with E-state index in [1.807, 2.05) is 30.3 Å². The zero-order chi connectivity index (χ0) is 9.52. The maximum absolute atomic E-state index is 5.50. The Bertz CT molecular complexity index is 223. The van der Waals surface area contributed by atoms with E-state index in [1.54, 1.807) is 0 Å². The van der Waals surface area contributed by atoms with E-state index in [-0.39, 0.29) is 0 Å². The highest BCUT2D eigenvalue weighted by Gasteiger charge is 1.96. The van der Waals surface area contributed by atoms with Gasteiger partial charge in [-0.05, 0) is 12.0 Å². The molecule has 1 aromatic rings. The standard InChI is InChI=1S/C11H17NO/c1-3-9-12(2)13-10-11-7-5-4-6-8-11/h4-8H,3,9-10H2,1-2H3. The zero-order valence-corrected chi connectivity index (χ0v) is 8.36. The molecule has 0 saturated carbocycles. The maximum Gasteiger partial charge on any atom is 0.0935 e. The second-order valence-corrected chi connectivity index (χ2v) is 3.11. The van der Waals surface area contributed by atoms with E-state index in [9.17, 15) is 0 Å². The van der Waals surface area contributed by atoms with Gasteiger partial charge in [0.1, 0.15) is 0 Å². The van der Waals surface area contributed by atoms with Gasteiger partial charge in [-0.1, -0.05) is 37.3 Å². The van der Waals surface area contributed by atoms with Crippen molar-refractivity contribution in [2.24, 2.45) is 0 Å². The van der Waals surface area contributed by atoms with E-state index in [0.29, 0.717) is 6.61 Å². The summed E-state index contributed by atoms with van der Waals surface area (Å²) in [7, 11) is 1.96. The minimum Gasteiger partial charge on any atom is -0.295 e. The zero-order valence-electron chi connectivity index (χ0n) is 8.36. The lowest BCUT2D eigenvalue weighted by atomic mass is 10.2. The monoisotopic (exact) mass is 179 g/mol. The van der Waals surface area contributed by atoms with Gasteiger partial charge in [0.15, 0.2) is 0 Å². The lowest BCUT2D eigenvalue weighted by Gasteiger charge is -2.15. The van der Waals surface area contributed by atoms with Crippen molar-refractivity contribution >= 4 is 0 Å². The summed E-state index contributed by atoms with van der Waals surface area (Å²) in [5, 5.41) is 1.88. The van der Waals surface area contributed by atoms with Crippen LogP contribution in [0.3, 0.4) is 0 Å². The topological polar surface area (TPSA) is 12.5 Å². The third kappa shape index (κ3) is 4.06. The van der Waals surface area contributed by atoms with Crippen LogP contribution in [0.2, 0.25) is 0 Å². The molecular formula is C11H17NO. The van der Waals surface area contributed by atoms with Gasteiger partial charge in [0.05, 0.1) is 6.61 Å². The van der Waals surface area contributed by atoms with Crippen LogP contribution in [0.5, 0.6) is 0 Å². The second-order valence-electron chi connectivity index (χ2n) is 3.11. The summed E-state index contributed by atoms with van der Waals surface area (Å²) >= 11 is 0. The van der Waals surface area contributed by atoms with Crippen LogP contribution in [0, 0.1) is 0 Å². The van der Waals surface area contributed by atoms with E-state index in [1.165, 1.54) is 5.56 Å². The first-order valence-electron chi connectivity index (χ1n) is 4.71. The van der Waals surface area contributed by atoms with Crippen LogP contribution in [-0.2, 0) is 11.4 Å². The molecule has 0 aliphatic heterocycles. The van der Waals surface area contributed by atoms with Crippen molar-refractivity contribution in [3.63, 3.8) is 0 Å². The van der Waals surface area contributed by atoms with Gasteiger partial charge in [-0.15, -0.1) is 0 Å². The average molecular weight is 179 g/mol. The Morgan fingerprint density at radius 2 is 1.92 bits per heavy atom. The van der Waals surface area contributed by atoms with Crippen molar-refractivity contribution in [1.29, 1.82) is 0 Å². The van der Waals surface area contributed by atoms with Crippen LogP contribution in [0.15, 0.2) is 30.3 Å². The molecule has 0 aliphatic carbocycles. The smallest absolute Gasteiger partial charge is 0.0935 e. The third-order valence-corrected chi connectivity index (χ3v) is 1.83. The van der Waals surface area contributed by atoms with E-state index < -0.39 is 0 Å². The quantitative estimate of drug-likeness (QED) is 0.644. The molecule has 0 aliphatic rings. The second kappa shape index (κ2) is 5.73. The van der Waals surface area contributed by atoms with Gasteiger partial charge >= 0.3 is 0 Å². The Labute approximate surface area is 80.1 Å². The van der Waals surface area contributed by atoms with Gasteiger partial charge in [-0.3, -0.25) is 4.84 Å². The summed E-state index contributed by atoms with van der Waals surface area (Å²) in [6.07, 6.45) is 1.12. The molecule has 0 N–H and O–H groups in total. The molecule has 0 saturated heterocycles. The van der Waals surface area contributed by atoms with E-state index in [4.69, 9.17) is 4.84 Å². The van der Waals surface area contributed by atoms with E-state index in [2.05, 4.69) is 19.1 Å². The highest BCUT2D eigenvalue weighted by atomic mass is 16.7. The van der Waals surface area contributed by atoms with Crippen LogP contribution in [0.1, 0.15) is 18.9 Å². The third-order valence-electron chi connectivity index (χ3n) is 1.83. The first kappa shape index (κ1) is 10.2. The van der Waals surface area contributed by atoms with Crippen LogP contribution in [-0.4, -0.2) is 18.7 Å². The Kier molecular flexibility index (Phi) is 4.50. The average Bonchev–Trinajstić information content (AvgIpc) is 2.17. The van der Waals surface area contributed by atoms with Crippen LogP contribution >= 0.6 is 0 Å². The Hall–Kier alpha value is -0.860. The molecule has 0 spiro atoms. The maximum atomic E-state index is 5.50. The molecule has 13 heavy (non-hydrogen) atoms. The van der Waals surface area contributed by atoms with Gasteiger partial charge in [0.2, 0.25) is 0 Å². The number of hydroxylamine groups is 2. The first-order chi connectivity index (χ1) is 6.33. The van der Waals surface area contributed by atoms with Crippen LogP contribution in [0.4, 0.5) is 0 Å².